The highest BCUT2D eigenvalue weighted by Crippen LogP contribution is 2.23. The first-order valence-corrected chi connectivity index (χ1v) is 7.20. The highest BCUT2D eigenvalue weighted by molar-refractivity contribution is 5.97. The first-order valence-electron chi connectivity index (χ1n) is 7.20. The molecule has 96 valence electrons. The second-order valence-corrected chi connectivity index (χ2v) is 5.60. The second kappa shape index (κ2) is 5.23. The molecule has 1 heterocycles. The van der Waals surface area contributed by atoms with Crippen LogP contribution in [0.2, 0.25) is 0 Å². The lowest BCUT2D eigenvalue weighted by atomic mass is 10.0. The molecule has 0 unspecified atom stereocenters. The van der Waals surface area contributed by atoms with E-state index in [2.05, 4.69) is 17.0 Å². The molecular weight excluding hydrogens is 222 g/mol. The summed E-state index contributed by atoms with van der Waals surface area (Å²) in [6.07, 6.45) is 7.41. The van der Waals surface area contributed by atoms with E-state index in [-0.39, 0.29) is 0 Å². The number of likely N-dealkylation sites (tertiary alicyclic amines) is 1. The van der Waals surface area contributed by atoms with Gasteiger partial charge in [0.15, 0.2) is 5.78 Å². The SMILES string of the molecule is O=C(CN1CCCCC1)c1ccc2c(c1)CCC2. The van der Waals surface area contributed by atoms with Crippen LogP contribution in [0, 0.1) is 0 Å². The molecule has 2 aliphatic rings. The summed E-state index contributed by atoms with van der Waals surface area (Å²) in [6, 6.07) is 6.32. The van der Waals surface area contributed by atoms with Crippen LogP contribution in [0.15, 0.2) is 18.2 Å². The van der Waals surface area contributed by atoms with Crippen LogP contribution in [0.3, 0.4) is 0 Å². The van der Waals surface area contributed by atoms with Crippen LogP contribution < -0.4 is 0 Å². The number of hydrogen-bond donors (Lipinski definition) is 0. The van der Waals surface area contributed by atoms with E-state index in [1.54, 1.807) is 0 Å². The molecule has 1 aromatic rings. The number of carbonyl (C=O) groups excluding carboxylic acids is 1. The predicted molar refractivity (Wildman–Crippen MR) is 73.1 cm³/mol. The number of fused-ring (bicyclic) bond motifs is 1. The van der Waals surface area contributed by atoms with E-state index in [0.29, 0.717) is 12.3 Å². The quantitative estimate of drug-likeness (QED) is 0.761. The molecule has 0 aromatic heterocycles. The van der Waals surface area contributed by atoms with Crippen LogP contribution in [0.4, 0.5) is 0 Å². The molecule has 0 spiro atoms. The fourth-order valence-corrected chi connectivity index (χ4v) is 3.16. The van der Waals surface area contributed by atoms with E-state index in [4.69, 9.17) is 0 Å². The van der Waals surface area contributed by atoms with Crippen molar-refractivity contribution in [1.82, 2.24) is 4.90 Å². The first kappa shape index (κ1) is 11.9. The molecule has 2 heteroatoms. The predicted octanol–water partition coefficient (Wildman–Crippen LogP) is 2.84. The van der Waals surface area contributed by atoms with Gasteiger partial charge in [-0.3, -0.25) is 9.69 Å². The van der Waals surface area contributed by atoms with Crippen LogP contribution in [-0.2, 0) is 12.8 Å². The van der Waals surface area contributed by atoms with Gasteiger partial charge in [-0.25, -0.2) is 0 Å². The Bertz CT molecular complexity index is 446. The van der Waals surface area contributed by atoms with Gasteiger partial charge in [-0.05, 0) is 62.4 Å². The molecule has 1 aromatic carbocycles. The van der Waals surface area contributed by atoms with Crippen molar-refractivity contribution >= 4 is 5.78 Å². The molecule has 0 radical (unpaired) electrons. The van der Waals surface area contributed by atoms with Gasteiger partial charge in [0.25, 0.3) is 0 Å². The minimum absolute atomic E-state index is 0.298. The van der Waals surface area contributed by atoms with Gasteiger partial charge in [0, 0.05) is 5.56 Å². The molecule has 1 aliphatic carbocycles. The molecule has 1 aliphatic heterocycles. The van der Waals surface area contributed by atoms with E-state index < -0.39 is 0 Å². The summed E-state index contributed by atoms with van der Waals surface area (Å²) in [6.45, 7) is 2.80. The van der Waals surface area contributed by atoms with E-state index in [0.717, 1.165) is 25.1 Å². The molecule has 0 atom stereocenters. The number of carbonyl (C=O) groups is 1. The van der Waals surface area contributed by atoms with E-state index in [1.807, 2.05) is 6.07 Å². The monoisotopic (exact) mass is 243 g/mol. The molecule has 3 rings (SSSR count). The topological polar surface area (TPSA) is 20.3 Å². The highest BCUT2D eigenvalue weighted by atomic mass is 16.1. The van der Waals surface area contributed by atoms with Gasteiger partial charge in [0.1, 0.15) is 0 Å². The van der Waals surface area contributed by atoms with Crippen molar-refractivity contribution < 1.29 is 4.79 Å². The number of hydrogen-bond acceptors (Lipinski definition) is 2. The van der Waals surface area contributed by atoms with E-state index in [1.165, 1.54) is 43.2 Å². The average molecular weight is 243 g/mol. The van der Waals surface area contributed by atoms with E-state index in [9.17, 15) is 4.79 Å². The van der Waals surface area contributed by atoms with Crippen molar-refractivity contribution in [2.75, 3.05) is 19.6 Å². The van der Waals surface area contributed by atoms with Gasteiger partial charge in [-0.2, -0.15) is 0 Å². The van der Waals surface area contributed by atoms with Crippen molar-refractivity contribution in [3.8, 4) is 0 Å². The minimum Gasteiger partial charge on any atom is -0.296 e. The number of piperidine rings is 1. The number of Topliss-reactive ketones (excluding diaryl/α,β-unsaturated/α-hetero) is 1. The first-order chi connectivity index (χ1) is 8.83. The molecule has 18 heavy (non-hydrogen) atoms. The summed E-state index contributed by atoms with van der Waals surface area (Å²) in [7, 11) is 0. The number of benzene rings is 1. The summed E-state index contributed by atoms with van der Waals surface area (Å²) in [5.41, 5.74) is 3.77. The van der Waals surface area contributed by atoms with Crippen LogP contribution in [0.1, 0.15) is 47.2 Å². The van der Waals surface area contributed by atoms with Crippen LogP contribution in [0.25, 0.3) is 0 Å². The lowest BCUT2D eigenvalue weighted by Crippen LogP contribution is -2.34. The Morgan fingerprint density at radius 1 is 1.00 bits per heavy atom. The van der Waals surface area contributed by atoms with Gasteiger partial charge in [-0.1, -0.05) is 18.6 Å². The van der Waals surface area contributed by atoms with Gasteiger partial charge in [0.05, 0.1) is 6.54 Å². The molecule has 0 N–H and O–H groups in total. The third kappa shape index (κ3) is 2.49. The second-order valence-electron chi connectivity index (χ2n) is 5.60. The zero-order valence-electron chi connectivity index (χ0n) is 11.0. The average Bonchev–Trinajstić information content (AvgIpc) is 2.87. The van der Waals surface area contributed by atoms with Gasteiger partial charge >= 0.3 is 0 Å². The number of aryl methyl sites for hydroxylation is 2. The van der Waals surface area contributed by atoms with Crippen molar-refractivity contribution in [3.63, 3.8) is 0 Å². The number of rotatable bonds is 3. The number of ketones is 1. The normalized spacial score (nSPS) is 19.8. The zero-order chi connectivity index (χ0) is 12.4. The Hall–Kier alpha value is -1.15. The Balaban J connectivity index is 1.68. The van der Waals surface area contributed by atoms with Crippen molar-refractivity contribution in [2.24, 2.45) is 0 Å². The third-order valence-electron chi connectivity index (χ3n) is 4.24. The largest absolute Gasteiger partial charge is 0.296 e. The van der Waals surface area contributed by atoms with Crippen LogP contribution in [-0.4, -0.2) is 30.3 Å². The molecule has 1 fully saturated rings. The van der Waals surface area contributed by atoms with Gasteiger partial charge < -0.3 is 0 Å². The Labute approximate surface area is 109 Å². The fraction of sp³-hybridized carbons (Fsp3) is 0.562. The molecule has 0 saturated carbocycles. The van der Waals surface area contributed by atoms with Crippen molar-refractivity contribution in [2.45, 2.75) is 38.5 Å². The third-order valence-corrected chi connectivity index (χ3v) is 4.24. The summed E-state index contributed by atoms with van der Waals surface area (Å²) < 4.78 is 0. The molecule has 2 nitrogen and oxygen atoms in total. The van der Waals surface area contributed by atoms with Gasteiger partial charge in [-0.15, -0.1) is 0 Å². The van der Waals surface area contributed by atoms with Crippen molar-refractivity contribution in [1.29, 1.82) is 0 Å². The Morgan fingerprint density at radius 3 is 2.61 bits per heavy atom. The lowest BCUT2D eigenvalue weighted by molar-refractivity contribution is 0.0915. The van der Waals surface area contributed by atoms with E-state index >= 15 is 0 Å². The zero-order valence-corrected chi connectivity index (χ0v) is 11.0. The fourth-order valence-electron chi connectivity index (χ4n) is 3.16. The summed E-state index contributed by atoms with van der Waals surface area (Å²) in [5.74, 6) is 0.298. The summed E-state index contributed by atoms with van der Waals surface area (Å²) in [4.78, 5) is 14.6. The maximum absolute atomic E-state index is 12.3. The lowest BCUT2D eigenvalue weighted by Gasteiger charge is -2.25. The van der Waals surface area contributed by atoms with Crippen LogP contribution in [0.5, 0.6) is 0 Å². The van der Waals surface area contributed by atoms with Crippen molar-refractivity contribution in [3.05, 3.63) is 34.9 Å². The Kier molecular flexibility index (Phi) is 3.46. The minimum atomic E-state index is 0.298. The highest BCUT2D eigenvalue weighted by Gasteiger charge is 2.17. The Morgan fingerprint density at radius 2 is 1.78 bits per heavy atom. The molecule has 0 bridgehead atoms. The van der Waals surface area contributed by atoms with Crippen LogP contribution >= 0.6 is 0 Å². The summed E-state index contributed by atoms with van der Waals surface area (Å²) in [5, 5.41) is 0. The molecule has 0 amide bonds. The number of nitrogens with zero attached hydrogens (tertiary/aromatic N) is 1. The van der Waals surface area contributed by atoms with Gasteiger partial charge in [0.2, 0.25) is 0 Å². The smallest absolute Gasteiger partial charge is 0.176 e. The standard InChI is InChI=1S/C16H21NO/c18-16(12-17-9-2-1-3-10-17)15-8-7-13-5-4-6-14(13)11-15/h7-8,11H,1-6,9-10,12H2. The summed E-state index contributed by atoms with van der Waals surface area (Å²) >= 11 is 0. The maximum atomic E-state index is 12.3. The maximum Gasteiger partial charge on any atom is 0.176 e. The molecular formula is C16H21NO. The molecule has 1 saturated heterocycles.